The first kappa shape index (κ1) is 17.8. The third-order valence-electron chi connectivity index (χ3n) is 3.71. The van der Waals surface area contributed by atoms with Crippen LogP contribution >= 0.6 is 0 Å². The zero-order valence-electron chi connectivity index (χ0n) is 14.0. The Labute approximate surface area is 148 Å². The quantitative estimate of drug-likeness (QED) is 0.643. The van der Waals surface area contributed by atoms with Gasteiger partial charge in [0.05, 0.1) is 12.1 Å². The monoisotopic (exact) mass is 362 g/mol. The van der Waals surface area contributed by atoms with Gasteiger partial charge in [0, 0.05) is 29.9 Å². The molecular formula is C19H17F3N2O2. The van der Waals surface area contributed by atoms with Gasteiger partial charge in [0.15, 0.2) is 11.5 Å². The van der Waals surface area contributed by atoms with Gasteiger partial charge in [-0.15, -0.1) is 0 Å². The van der Waals surface area contributed by atoms with Gasteiger partial charge in [0.2, 0.25) is 0 Å². The first-order valence-corrected chi connectivity index (χ1v) is 8.05. The van der Waals surface area contributed by atoms with Crippen molar-refractivity contribution in [3.8, 4) is 11.5 Å². The van der Waals surface area contributed by atoms with Gasteiger partial charge in [0.1, 0.15) is 5.82 Å². The largest absolute Gasteiger partial charge is 0.490 e. The average molecular weight is 362 g/mol. The van der Waals surface area contributed by atoms with Crippen LogP contribution in [0.2, 0.25) is 0 Å². The molecule has 0 saturated heterocycles. The number of rotatable bonds is 7. The van der Waals surface area contributed by atoms with Crippen molar-refractivity contribution in [3.05, 3.63) is 60.0 Å². The normalized spacial score (nSPS) is 11.0. The zero-order valence-corrected chi connectivity index (χ0v) is 14.0. The molecular weight excluding hydrogens is 345 g/mol. The minimum absolute atomic E-state index is 0.00423. The molecule has 26 heavy (non-hydrogen) atoms. The molecule has 0 bridgehead atoms. The fraction of sp³-hybridized carbons (Fsp3) is 0.211. The van der Waals surface area contributed by atoms with Gasteiger partial charge in [-0.1, -0.05) is 6.07 Å². The van der Waals surface area contributed by atoms with Gasteiger partial charge in [-0.2, -0.15) is 8.78 Å². The number of alkyl halides is 2. The summed E-state index contributed by atoms with van der Waals surface area (Å²) in [4.78, 5) is 4.15. The zero-order chi connectivity index (χ0) is 18.5. The number of ether oxygens (including phenoxy) is 2. The standard InChI is InChI=1S/C19H17F3N2O2/c1-2-25-18-9-12(3-6-17(18)26-19(21)22)11-24-15-7-8-23-16-10-13(20)4-5-14(15)16/h3-10,19H,2,11H2,1H3,(H,23,24). The van der Waals surface area contributed by atoms with Crippen LogP contribution in [0.3, 0.4) is 0 Å². The number of fused-ring (bicyclic) bond motifs is 1. The lowest BCUT2D eigenvalue weighted by Crippen LogP contribution is -2.06. The van der Waals surface area contributed by atoms with E-state index in [-0.39, 0.29) is 17.3 Å². The van der Waals surface area contributed by atoms with Crippen molar-refractivity contribution in [1.82, 2.24) is 4.98 Å². The molecule has 0 amide bonds. The van der Waals surface area contributed by atoms with E-state index in [1.807, 2.05) is 0 Å². The SMILES string of the molecule is CCOc1cc(CNc2ccnc3cc(F)ccc23)ccc1OC(F)F. The maximum absolute atomic E-state index is 13.3. The number of nitrogens with one attached hydrogen (secondary N) is 1. The van der Waals surface area contributed by atoms with Crippen LogP contribution in [-0.2, 0) is 6.54 Å². The van der Waals surface area contributed by atoms with Crippen molar-refractivity contribution in [3.63, 3.8) is 0 Å². The second-order valence-electron chi connectivity index (χ2n) is 5.47. The molecule has 0 atom stereocenters. The number of pyridine rings is 1. The lowest BCUT2D eigenvalue weighted by molar-refractivity contribution is -0.0514. The van der Waals surface area contributed by atoms with Gasteiger partial charge in [-0.25, -0.2) is 4.39 Å². The number of hydrogen-bond acceptors (Lipinski definition) is 4. The van der Waals surface area contributed by atoms with Crippen molar-refractivity contribution >= 4 is 16.6 Å². The smallest absolute Gasteiger partial charge is 0.387 e. The fourth-order valence-corrected chi connectivity index (χ4v) is 2.60. The molecule has 1 heterocycles. The second-order valence-corrected chi connectivity index (χ2v) is 5.47. The summed E-state index contributed by atoms with van der Waals surface area (Å²) in [5.41, 5.74) is 2.16. The summed E-state index contributed by atoms with van der Waals surface area (Å²) in [5, 5.41) is 4.03. The Kier molecular flexibility index (Phi) is 5.46. The highest BCUT2D eigenvalue weighted by atomic mass is 19.3. The van der Waals surface area contributed by atoms with Crippen LogP contribution in [-0.4, -0.2) is 18.2 Å². The third kappa shape index (κ3) is 4.17. The summed E-state index contributed by atoms with van der Waals surface area (Å²) in [6.45, 7) is -0.399. The Morgan fingerprint density at radius 3 is 2.69 bits per heavy atom. The highest BCUT2D eigenvalue weighted by Crippen LogP contribution is 2.30. The average Bonchev–Trinajstić information content (AvgIpc) is 2.61. The molecule has 0 radical (unpaired) electrons. The Hall–Kier alpha value is -2.96. The molecule has 0 aliphatic rings. The van der Waals surface area contributed by atoms with Gasteiger partial charge in [-0.05, 0) is 42.8 Å². The number of hydrogen-bond donors (Lipinski definition) is 1. The molecule has 0 aliphatic carbocycles. The molecule has 0 fully saturated rings. The number of anilines is 1. The van der Waals surface area contributed by atoms with E-state index < -0.39 is 6.61 Å². The first-order chi connectivity index (χ1) is 12.6. The predicted molar refractivity (Wildman–Crippen MR) is 93.3 cm³/mol. The van der Waals surface area contributed by atoms with Crippen molar-refractivity contribution in [2.24, 2.45) is 0 Å². The summed E-state index contributed by atoms with van der Waals surface area (Å²) in [6, 6.07) is 11.0. The summed E-state index contributed by atoms with van der Waals surface area (Å²) in [6.07, 6.45) is 1.59. The molecule has 7 heteroatoms. The highest BCUT2D eigenvalue weighted by Gasteiger charge is 2.12. The van der Waals surface area contributed by atoms with Crippen molar-refractivity contribution in [1.29, 1.82) is 0 Å². The Balaban J connectivity index is 1.80. The van der Waals surface area contributed by atoms with Crippen LogP contribution in [0.25, 0.3) is 10.9 Å². The Bertz CT molecular complexity index is 903. The fourth-order valence-electron chi connectivity index (χ4n) is 2.60. The minimum atomic E-state index is -2.92. The molecule has 3 rings (SSSR count). The summed E-state index contributed by atoms with van der Waals surface area (Å²) < 4.78 is 48.1. The Morgan fingerprint density at radius 1 is 1.08 bits per heavy atom. The van der Waals surface area contributed by atoms with Crippen molar-refractivity contribution < 1.29 is 22.6 Å². The van der Waals surface area contributed by atoms with E-state index in [9.17, 15) is 13.2 Å². The molecule has 0 saturated carbocycles. The van der Waals surface area contributed by atoms with Crippen LogP contribution in [0.4, 0.5) is 18.9 Å². The van der Waals surface area contributed by atoms with E-state index in [0.29, 0.717) is 18.7 Å². The van der Waals surface area contributed by atoms with Crippen LogP contribution in [0.1, 0.15) is 12.5 Å². The molecule has 0 aliphatic heterocycles. The number of aromatic nitrogens is 1. The lowest BCUT2D eigenvalue weighted by Gasteiger charge is -2.14. The van der Waals surface area contributed by atoms with E-state index in [2.05, 4.69) is 15.0 Å². The Morgan fingerprint density at radius 2 is 1.92 bits per heavy atom. The molecule has 2 aromatic carbocycles. The molecule has 3 aromatic rings. The van der Waals surface area contributed by atoms with Crippen molar-refractivity contribution in [2.45, 2.75) is 20.1 Å². The number of halogens is 3. The molecule has 4 nitrogen and oxygen atoms in total. The number of nitrogens with zero attached hydrogens (tertiary/aromatic N) is 1. The van der Waals surface area contributed by atoms with E-state index in [1.165, 1.54) is 18.2 Å². The van der Waals surface area contributed by atoms with E-state index in [4.69, 9.17) is 4.74 Å². The van der Waals surface area contributed by atoms with Gasteiger partial charge in [0.25, 0.3) is 0 Å². The van der Waals surface area contributed by atoms with Crippen LogP contribution < -0.4 is 14.8 Å². The minimum Gasteiger partial charge on any atom is -0.490 e. The highest BCUT2D eigenvalue weighted by molar-refractivity contribution is 5.90. The number of benzene rings is 2. The van der Waals surface area contributed by atoms with Crippen molar-refractivity contribution in [2.75, 3.05) is 11.9 Å². The third-order valence-corrected chi connectivity index (χ3v) is 3.71. The predicted octanol–water partition coefficient (Wildman–Crippen LogP) is 4.99. The molecule has 1 N–H and O–H groups in total. The van der Waals surface area contributed by atoms with E-state index in [0.717, 1.165) is 16.6 Å². The lowest BCUT2D eigenvalue weighted by atomic mass is 10.1. The molecule has 136 valence electrons. The summed E-state index contributed by atoms with van der Waals surface area (Å²) in [7, 11) is 0. The maximum atomic E-state index is 13.3. The molecule has 0 spiro atoms. The molecule has 0 unspecified atom stereocenters. The second kappa shape index (κ2) is 7.95. The van der Waals surface area contributed by atoms with Gasteiger partial charge in [-0.3, -0.25) is 4.98 Å². The maximum Gasteiger partial charge on any atom is 0.387 e. The summed E-state index contributed by atoms with van der Waals surface area (Å²) in [5.74, 6) is -0.0951. The molecule has 1 aromatic heterocycles. The van der Waals surface area contributed by atoms with Crippen LogP contribution in [0.15, 0.2) is 48.7 Å². The summed E-state index contributed by atoms with van der Waals surface area (Å²) >= 11 is 0. The van der Waals surface area contributed by atoms with Gasteiger partial charge < -0.3 is 14.8 Å². The van der Waals surface area contributed by atoms with Crippen LogP contribution in [0, 0.1) is 5.82 Å². The van der Waals surface area contributed by atoms with Gasteiger partial charge >= 0.3 is 6.61 Å². The van der Waals surface area contributed by atoms with Crippen LogP contribution in [0.5, 0.6) is 11.5 Å². The van der Waals surface area contributed by atoms with E-state index >= 15 is 0 Å². The van der Waals surface area contributed by atoms with E-state index in [1.54, 1.807) is 37.4 Å². The topological polar surface area (TPSA) is 43.4 Å². The first-order valence-electron chi connectivity index (χ1n) is 8.05.